The Morgan fingerprint density at radius 1 is 1.25 bits per heavy atom. The zero-order valence-electron chi connectivity index (χ0n) is 10.7. The van der Waals surface area contributed by atoms with Gasteiger partial charge in [-0.25, -0.2) is 0 Å². The third kappa shape index (κ3) is 3.03. The SMILES string of the molecule is CC(C)(C)S(C)(C)OCc1cocc1CO. The van der Waals surface area contributed by atoms with Gasteiger partial charge in [0.05, 0.1) is 25.7 Å². The number of hydrogen-bond acceptors (Lipinski definition) is 3. The van der Waals surface area contributed by atoms with Crippen LogP contribution in [0.4, 0.5) is 0 Å². The van der Waals surface area contributed by atoms with Gasteiger partial charge in [-0.05, 0) is 12.5 Å². The minimum atomic E-state index is -1.12. The first kappa shape index (κ1) is 13.6. The van der Waals surface area contributed by atoms with Crippen molar-refractivity contribution < 1.29 is 13.7 Å². The third-order valence-corrected chi connectivity index (χ3v) is 6.64. The highest BCUT2D eigenvalue weighted by Crippen LogP contribution is 2.54. The molecule has 16 heavy (non-hydrogen) atoms. The quantitative estimate of drug-likeness (QED) is 0.888. The molecule has 0 saturated carbocycles. The molecule has 0 fully saturated rings. The number of furan rings is 1. The van der Waals surface area contributed by atoms with Crippen LogP contribution < -0.4 is 0 Å². The van der Waals surface area contributed by atoms with Crippen molar-refractivity contribution in [1.29, 1.82) is 0 Å². The Morgan fingerprint density at radius 2 is 1.81 bits per heavy atom. The largest absolute Gasteiger partial charge is 0.472 e. The fraction of sp³-hybridized carbons (Fsp3) is 0.667. The molecule has 3 nitrogen and oxygen atoms in total. The topological polar surface area (TPSA) is 42.6 Å². The second kappa shape index (κ2) is 4.82. The summed E-state index contributed by atoms with van der Waals surface area (Å²) in [6.07, 6.45) is 7.53. The molecule has 0 aliphatic carbocycles. The van der Waals surface area contributed by atoms with Gasteiger partial charge in [0, 0.05) is 15.9 Å². The summed E-state index contributed by atoms with van der Waals surface area (Å²) in [4.78, 5) is 0. The zero-order valence-corrected chi connectivity index (χ0v) is 11.6. The fourth-order valence-electron chi connectivity index (χ4n) is 1.00. The molecule has 0 radical (unpaired) electrons. The molecule has 0 aliphatic rings. The lowest BCUT2D eigenvalue weighted by atomic mass is 10.2. The molecule has 0 saturated heterocycles. The van der Waals surface area contributed by atoms with E-state index in [4.69, 9.17) is 13.7 Å². The highest BCUT2D eigenvalue weighted by Gasteiger charge is 2.29. The van der Waals surface area contributed by atoms with E-state index in [-0.39, 0.29) is 11.4 Å². The Balaban J connectivity index is 2.65. The average molecular weight is 246 g/mol. The van der Waals surface area contributed by atoms with E-state index in [2.05, 4.69) is 33.3 Å². The standard InChI is InChI=1S/C12H22O3S/c1-12(2,3)16(4,5)15-9-11-8-14-7-10(11)6-13/h7-8,13H,6,9H2,1-5H3. The molecular weight excluding hydrogens is 224 g/mol. The van der Waals surface area contributed by atoms with E-state index in [0.29, 0.717) is 6.61 Å². The van der Waals surface area contributed by atoms with Gasteiger partial charge in [0.25, 0.3) is 0 Å². The molecule has 1 aromatic rings. The molecule has 1 aromatic heterocycles. The van der Waals surface area contributed by atoms with Crippen molar-refractivity contribution in [3.05, 3.63) is 23.7 Å². The lowest BCUT2D eigenvalue weighted by Crippen LogP contribution is -2.25. The molecule has 0 bridgehead atoms. The van der Waals surface area contributed by atoms with Crippen LogP contribution in [0.2, 0.25) is 0 Å². The van der Waals surface area contributed by atoms with E-state index in [0.717, 1.165) is 11.1 Å². The summed E-state index contributed by atoms with van der Waals surface area (Å²) >= 11 is 0. The number of aliphatic hydroxyl groups is 1. The van der Waals surface area contributed by atoms with Gasteiger partial charge < -0.3 is 13.7 Å². The van der Waals surface area contributed by atoms with Gasteiger partial charge >= 0.3 is 0 Å². The molecule has 94 valence electrons. The number of hydrogen-bond donors (Lipinski definition) is 1. The minimum absolute atomic E-state index is 0.000469. The van der Waals surface area contributed by atoms with Gasteiger partial charge in [-0.15, -0.1) is 10.3 Å². The van der Waals surface area contributed by atoms with Crippen molar-refractivity contribution in [2.45, 2.75) is 38.7 Å². The minimum Gasteiger partial charge on any atom is -0.472 e. The molecular formula is C12H22O3S. The van der Waals surface area contributed by atoms with Crippen molar-refractivity contribution in [3.8, 4) is 0 Å². The van der Waals surface area contributed by atoms with Gasteiger partial charge in [0.2, 0.25) is 0 Å². The molecule has 1 rings (SSSR count). The van der Waals surface area contributed by atoms with Crippen molar-refractivity contribution >= 4 is 10.3 Å². The summed E-state index contributed by atoms with van der Waals surface area (Å²) < 4.78 is 11.2. The van der Waals surface area contributed by atoms with Gasteiger partial charge in [0.15, 0.2) is 0 Å². The molecule has 0 unspecified atom stereocenters. The summed E-state index contributed by atoms with van der Waals surface area (Å²) in [5.41, 5.74) is 1.75. The van der Waals surface area contributed by atoms with Crippen LogP contribution in [0.15, 0.2) is 16.9 Å². The van der Waals surface area contributed by atoms with E-state index in [1.807, 2.05) is 0 Å². The van der Waals surface area contributed by atoms with Crippen LogP contribution in [0.1, 0.15) is 31.9 Å². The van der Waals surface area contributed by atoms with Crippen LogP contribution >= 0.6 is 10.3 Å². The Hall–Kier alpha value is -0.450. The van der Waals surface area contributed by atoms with Crippen molar-refractivity contribution in [2.24, 2.45) is 0 Å². The van der Waals surface area contributed by atoms with Crippen molar-refractivity contribution in [1.82, 2.24) is 0 Å². The van der Waals surface area contributed by atoms with E-state index in [1.165, 1.54) is 0 Å². The Kier molecular flexibility index (Phi) is 4.10. The summed E-state index contributed by atoms with van der Waals surface area (Å²) in [5.74, 6) is 0. The monoisotopic (exact) mass is 246 g/mol. The van der Waals surface area contributed by atoms with Crippen molar-refractivity contribution in [3.63, 3.8) is 0 Å². The lowest BCUT2D eigenvalue weighted by molar-refractivity contribution is 0.274. The summed E-state index contributed by atoms with van der Waals surface area (Å²) in [6.45, 7) is 7.06. The molecule has 4 heteroatoms. The molecule has 1 N–H and O–H groups in total. The third-order valence-electron chi connectivity index (χ3n) is 2.99. The zero-order chi connectivity index (χ0) is 12.4. The van der Waals surface area contributed by atoms with Crippen LogP contribution in [-0.4, -0.2) is 22.4 Å². The van der Waals surface area contributed by atoms with Crippen LogP contribution in [0, 0.1) is 0 Å². The molecule has 0 aromatic carbocycles. The van der Waals surface area contributed by atoms with Gasteiger partial charge in [-0.3, -0.25) is 0 Å². The van der Waals surface area contributed by atoms with Crippen LogP contribution in [0.5, 0.6) is 0 Å². The van der Waals surface area contributed by atoms with Crippen molar-refractivity contribution in [2.75, 3.05) is 12.5 Å². The first-order valence-electron chi connectivity index (χ1n) is 5.30. The van der Waals surface area contributed by atoms with Gasteiger partial charge in [0.1, 0.15) is 0 Å². The maximum absolute atomic E-state index is 9.09. The van der Waals surface area contributed by atoms with Gasteiger partial charge in [-0.1, -0.05) is 20.8 Å². The first-order chi connectivity index (χ1) is 7.28. The summed E-state index contributed by atoms with van der Waals surface area (Å²) in [5, 5.41) is 9.09. The van der Waals surface area contributed by atoms with E-state index in [9.17, 15) is 0 Å². The van der Waals surface area contributed by atoms with Crippen LogP contribution in [0.3, 0.4) is 0 Å². The van der Waals surface area contributed by atoms with Crippen LogP contribution in [0.25, 0.3) is 0 Å². The molecule has 0 atom stereocenters. The van der Waals surface area contributed by atoms with Gasteiger partial charge in [-0.2, -0.15) is 0 Å². The number of rotatable bonds is 4. The second-order valence-electron chi connectivity index (χ2n) is 5.19. The molecule has 0 aliphatic heterocycles. The Labute approximate surface area is 99.3 Å². The predicted molar refractivity (Wildman–Crippen MR) is 68.6 cm³/mol. The maximum atomic E-state index is 9.09. The summed E-state index contributed by atoms with van der Waals surface area (Å²) in [7, 11) is -1.12. The Morgan fingerprint density at radius 3 is 2.31 bits per heavy atom. The smallest absolute Gasteiger partial charge is 0.0962 e. The first-order valence-corrected chi connectivity index (χ1v) is 7.67. The normalized spacial score (nSPS) is 14.1. The maximum Gasteiger partial charge on any atom is 0.0962 e. The van der Waals surface area contributed by atoms with E-state index < -0.39 is 10.3 Å². The predicted octanol–water partition coefficient (Wildman–Crippen LogP) is 3.07. The summed E-state index contributed by atoms with van der Waals surface area (Å²) in [6, 6.07) is 0. The lowest BCUT2D eigenvalue weighted by Gasteiger charge is -2.43. The van der Waals surface area contributed by atoms with E-state index >= 15 is 0 Å². The number of aliphatic hydroxyl groups excluding tert-OH is 1. The highest BCUT2D eigenvalue weighted by atomic mass is 32.3. The molecule has 0 spiro atoms. The highest BCUT2D eigenvalue weighted by molar-refractivity contribution is 8.29. The van der Waals surface area contributed by atoms with Crippen LogP contribution in [-0.2, 0) is 17.4 Å². The second-order valence-corrected chi connectivity index (χ2v) is 9.11. The molecule has 1 heterocycles. The fourth-order valence-corrected chi connectivity index (χ4v) is 1.78. The molecule has 0 amide bonds. The Bertz CT molecular complexity index is 336. The average Bonchev–Trinajstić information content (AvgIpc) is 2.60. The van der Waals surface area contributed by atoms with E-state index in [1.54, 1.807) is 12.5 Å².